The number of aliphatic carboxylic acids is 2. The van der Waals surface area contributed by atoms with Crippen LogP contribution >= 0.6 is 0 Å². The monoisotopic (exact) mass is 773 g/mol. The average Bonchev–Trinajstić information content (AvgIpc) is 3.14. The van der Waals surface area contributed by atoms with Crippen LogP contribution in [0, 0.1) is 0 Å². The van der Waals surface area contributed by atoms with Crippen molar-refractivity contribution in [3.05, 3.63) is 23.8 Å². The van der Waals surface area contributed by atoms with E-state index < -0.39 is 42.6 Å². The Balaban J connectivity index is 2.46. The van der Waals surface area contributed by atoms with Crippen molar-refractivity contribution in [2.75, 3.05) is 0 Å². The minimum Gasteiger partial charge on any atom is -0.481 e. The van der Waals surface area contributed by atoms with E-state index in [0.29, 0.717) is 18.4 Å². The molecule has 0 spiro atoms. The molecule has 1 rings (SSSR count). The van der Waals surface area contributed by atoms with Crippen LogP contribution in [0.1, 0.15) is 244 Å². The third-order valence-corrected chi connectivity index (χ3v) is 10.7. The SMILES string of the molecule is CCCCCCCCCCCCCCCCCC(=O)Oc1ccc(C(CC(=O)O)CC(=O)O)cc1OC(=O)CCCCCCCCCCCCCCCCC. The van der Waals surface area contributed by atoms with Crippen molar-refractivity contribution in [1.82, 2.24) is 0 Å². The quantitative estimate of drug-likeness (QED) is 0.0385. The number of esters is 2. The van der Waals surface area contributed by atoms with Gasteiger partial charge in [0.15, 0.2) is 11.5 Å². The molecule has 316 valence electrons. The summed E-state index contributed by atoms with van der Waals surface area (Å²) in [7, 11) is 0. The number of hydrogen-bond donors (Lipinski definition) is 2. The van der Waals surface area contributed by atoms with E-state index in [1.54, 1.807) is 6.07 Å². The van der Waals surface area contributed by atoms with Crippen molar-refractivity contribution in [3.8, 4) is 11.5 Å². The van der Waals surface area contributed by atoms with Crippen LogP contribution in [0.3, 0.4) is 0 Å². The molecule has 0 atom stereocenters. The zero-order valence-electron chi connectivity index (χ0n) is 35.2. The normalized spacial score (nSPS) is 11.3. The first-order valence-electron chi connectivity index (χ1n) is 22.8. The fourth-order valence-corrected chi connectivity index (χ4v) is 7.30. The van der Waals surface area contributed by atoms with Gasteiger partial charge in [-0.1, -0.05) is 200 Å². The number of carbonyl (C=O) groups excluding carboxylic acids is 2. The minimum atomic E-state index is -1.13. The van der Waals surface area contributed by atoms with Gasteiger partial charge in [-0.3, -0.25) is 19.2 Å². The van der Waals surface area contributed by atoms with E-state index in [2.05, 4.69) is 13.8 Å². The van der Waals surface area contributed by atoms with Crippen molar-refractivity contribution in [2.45, 2.75) is 238 Å². The highest BCUT2D eigenvalue weighted by molar-refractivity contribution is 5.77. The lowest BCUT2D eigenvalue weighted by molar-refractivity contribution is -0.139. The highest BCUT2D eigenvalue weighted by atomic mass is 16.6. The maximum Gasteiger partial charge on any atom is 0.311 e. The zero-order valence-corrected chi connectivity index (χ0v) is 35.2. The van der Waals surface area contributed by atoms with Crippen molar-refractivity contribution in [2.24, 2.45) is 0 Å². The van der Waals surface area contributed by atoms with Gasteiger partial charge in [0, 0.05) is 18.8 Å². The van der Waals surface area contributed by atoms with Gasteiger partial charge < -0.3 is 19.7 Å². The molecule has 0 heterocycles. The van der Waals surface area contributed by atoms with Gasteiger partial charge in [-0.2, -0.15) is 0 Å². The third-order valence-electron chi connectivity index (χ3n) is 10.7. The molecule has 0 radical (unpaired) electrons. The molecular formula is C47H80O8. The van der Waals surface area contributed by atoms with Gasteiger partial charge in [-0.05, 0) is 30.5 Å². The lowest BCUT2D eigenvalue weighted by Crippen LogP contribution is -2.14. The molecule has 0 aliphatic rings. The lowest BCUT2D eigenvalue weighted by atomic mass is 9.92. The highest BCUT2D eigenvalue weighted by Crippen LogP contribution is 2.34. The molecule has 8 nitrogen and oxygen atoms in total. The Kier molecular flexibility index (Phi) is 32.4. The lowest BCUT2D eigenvalue weighted by Gasteiger charge is -2.17. The summed E-state index contributed by atoms with van der Waals surface area (Å²) in [6.07, 6.45) is 36.6. The maximum absolute atomic E-state index is 12.9. The summed E-state index contributed by atoms with van der Waals surface area (Å²) in [5.74, 6) is -3.85. The fourth-order valence-electron chi connectivity index (χ4n) is 7.30. The van der Waals surface area contributed by atoms with Crippen molar-refractivity contribution >= 4 is 23.9 Å². The van der Waals surface area contributed by atoms with E-state index in [1.807, 2.05) is 0 Å². The summed E-state index contributed by atoms with van der Waals surface area (Å²) in [5, 5.41) is 18.8. The van der Waals surface area contributed by atoms with Gasteiger partial charge in [-0.25, -0.2) is 0 Å². The number of hydrogen-bond acceptors (Lipinski definition) is 6. The number of carbonyl (C=O) groups is 4. The van der Waals surface area contributed by atoms with Crippen LogP contribution in [0.2, 0.25) is 0 Å². The maximum atomic E-state index is 12.9. The molecule has 0 fully saturated rings. The molecule has 0 aliphatic heterocycles. The number of carboxylic acid groups (broad SMARTS) is 2. The van der Waals surface area contributed by atoms with Crippen LogP contribution in [0.15, 0.2) is 18.2 Å². The molecule has 0 saturated heterocycles. The van der Waals surface area contributed by atoms with Gasteiger partial charge in [0.1, 0.15) is 0 Å². The second kappa shape index (κ2) is 35.5. The number of unbranched alkanes of at least 4 members (excludes halogenated alkanes) is 28. The molecule has 0 unspecified atom stereocenters. The summed E-state index contributed by atoms with van der Waals surface area (Å²) in [6.45, 7) is 4.51. The molecule has 55 heavy (non-hydrogen) atoms. The van der Waals surface area contributed by atoms with Gasteiger partial charge in [0.2, 0.25) is 0 Å². The van der Waals surface area contributed by atoms with Crippen LogP contribution < -0.4 is 9.47 Å². The molecule has 2 N–H and O–H groups in total. The molecule has 0 bridgehead atoms. The summed E-state index contributed by atoms with van der Waals surface area (Å²) in [5.41, 5.74) is 0.404. The first kappa shape index (κ1) is 50.1. The van der Waals surface area contributed by atoms with Crippen LogP contribution in [0.4, 0.5) is 0 Å². The molecule has 0 aliphatic carbocycles. The van der Waals surface area contributed by atoms with Crippen molar-refractivity contribution in [1.29, 1.82) is 0 Å². The second-order valence-corrected chi connectivity index (χ2v) is 15.9. The van der Waals surface area contributed by atoms with E-state index >= 15 is 0 Å². The van der Waals surface area contributed by atoms with Gasteiger partial charge in [0.25, 0.3) is 0 Å². The van der Waals surface area contributed by atoms with Crippen LogP contribution in [-0.2, 0) is 19.2 Å². The molecule has 0 aromatic heterocycles. The zero-order chi connectivity index (χ0) is 40.2. The molecule has 1 aromatic carbocycles. The largest absolute Gasteiger partial charge is 0.481 e. The molecule has 0 saturated carbocycles. The third kappa shape index (κ3) is 30.0. The fraction of sp³-hybridized carbons (Fsp3) is 0.787. The second-order valence-electron chi connectivity index (χ2n) is 15.9. The Bertz CT molecular complexity index is 1120. The minimum absolute atomic E-state index is 0.0223. The van der Waals surface area contributed by atoms with E-state index in [-0.39, 0.29) is 24.3 Å². The Hall–Kier alpha value is -2.90. The molecular weight excluding hydrogens is 693 g/mol. The van der Waals surface area contributed by atoms with Crippen LogP contribution in [0.25, 0.3) is 0 Å². The van der Waals surface area contributed by atoms with Crippen molar-refractivity contribution < 1.29 is 38.9 Å². The number of rotatable bonds is 39. The average molecular weight is 773 g/mol. The number of benzene rings is 1. The topological polar surface area (TPSA) is 127 Å². The predicted molar refractivity (Wildman–Crippen MR) is 224 cm³/mol. The van der Waals surface area contributed by atoms with Gasteiger partial charge >= 0.3 is 23.9 Å². The summed E-state index contributed by atoms with van der Waals surface area (Å²) in [4.78, 5) is 48.7. The number of carboxylic acids is 2. The Labute approximate surface area is 335 Å². The smallest absolute Gasteiger partial charge is 0.311 e. The first-order chi connectivity index (χ1) is 26.8. The first-order valence-corrected chi connectivity index (χ1v) is 22.8. The van der Waals surface area contributed by atoms with E-state index in [1.165, 1.54) is 160 Å². The summed E-state index contributed by atoms with van der Waals surface area (Å²) < 4.78 is 11.3. The van der Waals surface area contributed by atoms with E-state index in [9.17, 15) is 29.4 Å². The molecule has 0 amide bonds. The van der Waals surface area contributed by atoms with Gasteiger partial charge in [0.05, 0.1) is 12.8 Å². The Morgan fingerprint density at radius 3 is 1.04 bits per heavy atom. The summed E-state index contributed by atoms with van der Waals surface area (Å²) >= 11 is 0. The Morgan fingerprint density at radius 2 is 0.727 bits per heavy atom. The predicted octanol–water partition coefficient (Wildman–Crippen LogP) is 14.1. The summed E-state index contributed by atoms with van der Waals surface area (Å²) in [6, 6.07) is 4.49. The van der Waals surface area contributed by atoms with Crippen LogP contribution in [-0.4, -0.2) is 34.1 Å². The van der Waals surface area contributed by atoms with E-state index in [0.717, 1.165) is 32.1 Å². The van der Waals surface area contributed by atoms with Crippen molar-refractivity contribution in [3.63, 3.8) is 0 Å². The van der Waals surface area contributed by atoms with Crippen LogP contribution in [0.5, 0.6) is 11.5 Å². The standard InChI is InChI=1S/C47H80O8/c1-3-5-7-9-11-13-15-17-19-21-23-25-27-29-31-33-46(52)54-42-36-35-40(41(38-44(48)49)39-45(50)51)37-43(42)55-47(53)34-32-30-28-26-24-22-20-18-16-14-12-10-8-6-4-2/h35-37,41H,3-34,38-39H2,1-2H3,(H,48,49)(H,50,51). The molecule has 1 aromatic rings. The molecule has 8 heteroatoms. The van der Waals surface area contributed by atoms with Gasteiger partial charge in [-0.15, -0.1) is 0 Å². The Morgan fingerprint density at radius 1 is 0.436 bits per heavy atom. The highest BCUT2D eigenvalue weighted by Gasteiger charge is 2.22. The van der Waals surface area contributed by atoms with E-state index in [4.69, 9.17) is 9.47 Å². The number of ether oxygens (including phenoxy) is 2.